The van der Waals surface area contributed by atoms with E-state index in [4.69, 9.17) is 4.74 Å². The zero-order chi connectivity index (χ0) is 20.1. The number of carbonyl (C=O) groups is 1. The van der Waals surface area contributed by atoms with Gasteiger partial charge in [0.1, 0.15) is 11.6 Å². The summed E-state index contributed by atoms with van der Waals surface area (Å²) < 4.78 is 20.2. The summed E-state index contributed by atoms with van der Waals surface area (Å²) in [7, 11) is 1.61. The zero-order valence-corrected chi connectivity index (χ0v) is 16.4. The molecule has 0 amide bonds. The summed E-state index contributed by atoms with van der Waals surface area (Å²) in [6.45, 7) is 6.11. The second-order valence-corrected chi connectivity index (χ2v) is 7.37. The maximum Gasteiger partial charge on any atom is 0.192 e. The molecule has 2 aromatic carbocycles. The molecule has 0 aliphatic carbocycles. The van der Waals surface area contributed by atoms with E-state index in [0.29, 0.717) is 23.1 Å². The van der Waals surface area contributed by atoms with Crippen molar-refractivity contribution in [1.29, 1.82) is 0 Å². The fourth-order valence-electron chi connectivity index (χ4n) is 2.68. The first-order valence-corrected chi connectivity index (χ1v) is 9.56. The van der Waals surface area contributed by atoms with E-state index in [1.165, 1.54) is 36.0 Å². The zero-order valence-electron chi connectivity index (χ0n) is 15.6. The van der Waals surface area contributed by atoms with Crippen molar-refractivity contribution in [3.05, 3.63) is 72.6 Å². The third-order valence-electron chi connectivity index (χ3n) is 4.16. The number of nitrogens with zero attached hydrogens (tertiary/aromatic N) is 3. The summed E-state index contributed by atoms with van der Waals surface area (Å²) >= 11 is 1.31. The molecule has 0 bridgehead atoms. The van der Waals surface area contributed by atoms with Gasteiger partial charge in [0.2, 0.25) is 0 Å². The fraction of sp³-hybridized carbons (Fsp3) is 0.190. The van der Waals surface area contributed by atoms with Crippen LogP contribution in [0.3, 0.4) is 0 Å². The predicted molar refractivity (Wildman–Crippen MR) is 108 cm³/mol. The van der Waals surface area contributed by atoms with Crippen LogP contribution in [0.25, 0.3) is 11.4 Å². The highest BCUT2D eigenvalue weighted by Crippen LogP contribution is 2.29. The molecule has 3 rings (SSSR count). The monoisotopic (exact) mass is 397 g/mol. The summed E-state index contributed by atoms with van der Waals surface area (Å²) in [5, 5.41) is 8.79. The number of halogens is 1. The van der Waals surface area contributed by atoms with Crippen LogP contribution in [0.5, 0.6) is 5.75 Å². The summed E-state index contributed by atoms with van der Waals surface area (Å²) in [6, 6.07) is 13.1. The normalized spacial score (nSPS) is 11.8. The van der Waals surface area contributed by atoms with Crippen molar-refractivity contribution >= 4 is 17.5 Å². The average molecular weight is 397 g/mol. The molecule has 0 radical (unpaired) electrons. The van der Waals surface area contributed by atoms with Crippen LogP contribution in [-0.4, -0.2) is 32.9 Å². The van der Waals surface area contributed by atoms with E-state index in [2.05, 4.69) is 16.8 Å². The Balaban J connectivity index is 1.85. The van der Waals surface area contributed by atoms with Crippen molar-refractivity contribution < 1.29 is 13.9 Å². The maximum atomic E-state index is 13.1. The lowest BCUT2D eigenvalue weighted by molar-refractivity contribution is 0.0994. The molecular formula is C21H20FN3O2S. The Morgan fingerprint density at radius 1 is 1.21 bits per heavy atom. The highest BCUT2D eigenvalue weighted by atomic mass is 32.2. The van der Waals surface area contributed by atoms with Gasteiger partial charge in [0.15, 0.2) is 16.8 Å². The van der Waals surface area contributed by atoms with Crippen molar-refractivity contribution in [2.24, 2.45) is 0 Å². The van der Waals surface area contributed by atoms with Crippen molar-refractivity contribution in [2.75, 3.05) is 7.11 Å². The topological polar surface area (TPSA) is 57.0 Å². The van der Waals surface area contributed by atoms with Gasteiger partial charge in [0, 0.05) is 17.7 Å². The molecule has 1 atom stereocenters. The average Bonchev–Trinajstić information content (AvgIpc) is 3.10. The number of methoxy groups -OCH3 is 1. The van der Waals surface area contributed by atoms with Crippen LogP contribution in [0.4, 0.5) is 4.39 Å². The lowest BCUT2D eigenvalue weighted by Crippen LogP contribution is -2.15. The number of aromatic nitrogens is 3. The largest absolute Gasteiger partial charge is 0.497 e. The molecule has 7 heteroatoms. The lowest BCUT2D eigenvalue weighted by Gasteiger charge is -2.12. The van der Waals surface area contributed by atoms with E-state index < -0.39 is 5.25 Å². The highest BCUT2D eigenvalue weighted by Gasteiger charge is 2.21. The number of ether oxygens (including phenoxy) is 1. The van der Waals surface area contributed by atoms with Gasteiger partial charge in [-0.05, 0) is 55.5 Å². The molecule has 0 saturated carbocycles. The molecule has 3 aromatic rings. The van der Waals surface area contributed by atoms with Gasteiger partial charge in [-0.3, -0.25) is 9.36 Å². The van der Waals surface area contributed by atoms with Gasteiger partial charge in [-0.15, -0.1) is 16.8 Å². The summed E-state index contributed by atoms with van der Waals surface area (Å²) in [6.07, 6.45) is 1.76. The van der Waals surface area contributed by atoms with Gasteiger partial charge in [-0.2, -0.15) is 0 Å². The first-order valence-electron chi connectivity index (χ1n) is 8.68. The van der Waals surface area contributed by atoms with E-state index in [9.17, 15) is 9.18 Å². The van der Waals surface area contributed by atoms with Crippen LogP contribution in [0.15, 0.2) is 66.3 Å². The number of allylic oxidation sites excluding steroid dienone is 1. The minimum atomic E-state index is -0.401. The van der Waals surface area contributed by atoms with Gasteiger partial charge in [-0.25, -0.2) is 4.39 Å². The summed E-state index contributed by atoms with van der Waals surface area (Å²) in [4.78, 5) is 12.6. The van der Waals surface area contributed by atoms with E-state index in [1.807, 2.05) is 28.8 Å². The van der Waals surface area contributed by atoms with Crippen LogP contribution < -0.4 is 4.74 Å². The highest BCUT2D eigenvalue weighted by molar-refractivity contribution is 8.00. The standard InChI is InChI=1S/C21H20FN3O2S/c1-4-13-25-20(16-7-11-18(27-3)12-8-16)23-24-21(25)28-14(2)19(26)15-5-9-17(22)10-6-15/h4-12,14H,1,13H2,2-3H3/t14-/m0/s1. The Kier molecular flexibility index (Phi) is 6.26. The molecule has 0 unspecified atom stereocenters. The SMILES string of the molecule is C=CCn1c(S[C@@H](C)C(=O)c2ccc(F)cc2)nnc1-c1ccc(OC)cc1. The summed E-state index contributed by atoms with van der Waals surface area (Å²) in [5.41, 5.74) is 1.35. The fourth-order valence-corrected chi connectivity index (χ4v) is 3.62. The predicted octanol–water partition coefficient (Wildman–Crippen LogP) is 4.64. The molecule has 1 heterocycles. The van der Waals surface area contributed by atoms with Gasteiger partial charge in [-0.1, -0.05) is 17.8 Å². The number of Topliss-reactive ketones (excluding diaryl/α,β-unsaturated/α-hetero) is 1. The Hall–Kier alpha value is -2.93. The minimum Gasteiger partial charge on any atom is -0.497 e. The molecule has 0 fully saturated rings. The van der Waals surface area contributed by atoms with E-state index >= 15 is 0 Å². The first kappa shape index (κ1) is 19.8. The second kappa shape index (κ2) is 8.84. The molecule has 1 aromatic heterocycles. The van der Waals surface area contributed by atoms with E-state index in [-0.39, 0.29) is 11.6 Å². The van der Waals surface area contributed by atoms with Crippen LogP contribution in [0.2, 0.25) is 0 Å². The van der Waals surface area contributed by atoms with Crippen molar-refractivity contribution in [2.45, 2.75) is 23.9 Å². The first-order chi connectivity index (χ1) is 13.5. The van der Waals surface area contributed by atoms with Gasteiger partial charge in [0.05, 0.1) is 12.4 Å². The minimum absolute atomic E-state index is 0.0934. The second-order valence-electron chi connectivity index (χ2n) is 6.07. The lowest BCUT2D eigenvalue weighted by atomic mass is 10.1. The molecule has 0 spiro atoms. The van der Waals surface area contributed by atoms with Crippen LogP contribution in [0, 0.1) is 5.82 Å². The molecule has 0 aliphatic rings. The smallest absolute Gasteiger partial charge is 0.192 e. The molecule has 0 N–H and O–H groups in total. The Bertz CT molecular complexity index is 968. The van der Waals surface area contributed by atoms with E-state index in [0.717, 1.165) is 11.3 Å². The number of hydrogen-bond donors (Lipinski definition) is 0. The Morgan fingerprint density at radius 2 is 1.89 bits per heavy atom. The number of carbonyl (C=O) groups excluding carboxylic acids is 1. The maximum absolute atomic E-state index is 13.1. The third-order valence-corrected chi connectivity index (χ3v) is 5.24. The van der Waals surface area contributed by atoms with Crippen LogP contribution >= 0.6 is 11.8 Å². The van der Waals surface area contributed by atoms with Gasteiger partial charge in [0.25, 0.3) is 0 Å². The van der Waals surface area contributed by atoms with Crippen molar-refractivity contribution in [1.82, 2.24) is 14.8 Å². The number of benzene rings is 2. The molecule has 144 valence electrons. The Labute approximate surface area is 167 Å². The molecule has 0 saturated heterocycles. The van der Waals surface area contributed by atoms with Gasteiger partial charge < -0.3 is 4.74 Å². The number of ketones is 1. The third kappa shape index (κ3) is 4.31. The van der Waals surface area contributed by atoms with E-state index in [1.54, 1.807) is 20.1 Å². The molecular weight excluding hydrogens is 377 g/mol. The molecule has 5 nitrogen and oxygen atoms in total. The summed E-state index contributed by atoms with van der Waals surface area (Å²) in [5.74, 6) is 0.981. The number of hydrogen-bond acceptors (Lipinski definition) is 5. The molecule has 28 heavy (non-hydrogen) atoms. The number of rotatable bonds is 8. The van der Waals surface area contributed by atoms with Crippen molar-refractivity contribution in [3.63, 3.8) is 0 Å². The number of thioether (sulfide) groups is 1. The van der Waals surface area contributed by atoms with Crippen LogP contribution in [0.1, 0.15) is 17.3 Å². The quantitative estimate of drug-likeness (QED) is 0.315. The molecule has 0 aliphatic heterocycles. The van der Waals surface area contributed by atoms with Gasteiger partial charge >= 0.3 is 0 Å². The Morgan fingerprint density at radius 3 is 2.50 bits per heavy atom. The van der Waals surface area contributed by atoms with Crippen LogP contribution in [-0.2, 0) is 6.54 Å². The van der Waals surface area contributed by atoms with Crippen molar-refractivity contribution in [3.8, 4) is 17.1 Å².